The van der Waals surface area contributed by atoms with Gasteiger partial charge in [-0.05, 0) is 12.1 Å². The first-order valence-corrected chi connectivity index (χ1v) is 6.07. The predicted molar refractivity (Wildman–Crippen MR) is 67.4 cm³/mol. The van der Waals surface area contributed by atoms with Crippen molar-refractivity contribution in [2.45, 2.75) is 6.10 Å². The molecule has 1 saturated heterocycles. The molecule has 1 aromatic carbocycles. The lowest BCUT2D eigenvalue weighted by molar-refractivity contribution is 0.0945. The number of ether oxygens (including phenoxy) is 3. The van der Waals surface area contributed by atoms with Gasteiger partial charge < -0.3 is 24.2 Å². The minimum absolute atomic E-state index is 0.157. The second kappa shape index (κ2) is 6.29. The number of cyclic esters (lactones) is 1. The van der Waals surface area contributed by atoms with Crippen molar-refractivity contribution >= 4 is 6.09 Å². The van der Waals surface area contributed by atoms with Gasteiger partial charge in [0.05, 0.1) is 26.8 Å². The Balaban J connectivity index is 1.82. The molecule has 0 spiro atoms. The number of aliphatic hydroxyl groups is 1. The Kier molecular flexibility index (Phi) is 4.46. The van der Waals surface area contributed by atoms with Gasteiger partial charge >= 0.3 is 6.09 Å². The minimum atomic E-state index is -0.432. The molecule has 1 unspecified atom stereocenters. The fourth-order valence-corrected chi connectivity index (χ4v) is 1.86. The van der Waals surface area contributed by atoms with Crippen LogP contribution in [0.2, 0.25) is 0 Å². The number of amides is 1. The van der Waals surface area contributed by atoms with E-state index in [0.29, 0.717) is 31.2 Å². The van der Waals surface area contributed by atoms with E-state index in [9.17, 15) is 4.79 Å². The highest BCUT2D eigenvalue weighted by Gasteiger charge is 2.30. The van der Waals surface area contributed by atoms with Gasteiger partial charge in [-0.2, -0.15) is 0 Å². The molecule has 6 nitrogen and oxygen atoms in total. The molecule has 0 saturated carbocycles. The van der Waals surface area contributed by atoms with Crippen LogP contribution in [0.15, 0.2) is 24.3 Å². The number of methoxy groups -OCH3 is 1. The molecule has 0 radical (unpaired) electrons. The van der Waals surface area contributed by atoms with Gasteiger partial charge in [0.25, 0.3) is 0 Å². The standard InChI is InChI=1S/C13H17NO5/c1-17-11-4-2-3-5-12(11)18-7-6-14-8-10(9-15)19-13(14)16/h2-5,10,15H,6-9H2,1H3. The maximum Gasteiger partial charge on any atom is 0.410 e. The van der Waals surface area contributed by atoms with E-state index in [1.807, 2.05) is 12.1 Å². The lowest BCUT2D eigenvalue weighted by atomic mass is 10.3. The zero-order valence-corrected chi connectivity index (χ0v) is 10.7. The quantitative estimate of drug-likeness (QED) is 0.829. The molecule has 1 aromatic rings. The van der Waals surface area contributed by atoms with Crippen molar-refractivity contribution in [1.29, 1.82) is 0 Å². The van der Waals surface area contributed by atoms with Crippen molar-refractivity contribution in [2.75, 3.05) is 33.4 Å². The molecule has 6 heteroatoms. The number of carbonyl (C=O) groups is 1. The summed E-state index contributed by atoms with van der Waals surface area (Å²) in [7, 11) is 1.58. The Hall–Kier alpha value is -1.95. The van der Waals surface area contributed by atoms with Crippen molar-refractivity contribution < 1.29 is 24.1 Å². The number of hydrogen-bond acceptors (Lipinski definition) is 5. The number of benzene rings is 1. The number of para-hydroxylation sites is 2. The molecule has 1 N–H and O–H groups in total. The van der Waals surface area contributed by atoms with E-state index in [2.05, 4.69) is 0 Å². The summed E-state index contributed by atoms with van der Waals surface area (Å²) < 4.78 is 15.7. The molecule has 104 valence electrons. The second-order valence-electron chi connectivity index (χ2n) is 4.13. The van der Waals surface area contributed by atoms with Crippen molar-refractivity contribution in [2.24, 2.45) is 0 Å². The Morgan fingerprint density at radius 1 is 1.42 bits per heavy atom. The third-order valence-corrected chi connectivity index (χ3v) is 2.84. The monoisotopic (exact) mass is 267 g/mol. The van der Waals surface area contributed by atoms with Crippen molar-refractivity contribution in [3.05, 3.63) is 24.3 Å². The highest BCUT2D eigenvalue weighted by Crippen LogP contribution is 2.25. The number of rotatable bonds is 6. The molecule has 19 heavy (non-hydrogen) atoms. The highest BCUT2D eigenvalue weighted by atomic mass is 16.6. The molecule has 1 aliphatic rings. The van der Waals surface area contributed by atoms with Gasteiger partial charge in [-0.1, -0.05) is 12.1 Å². The van der Waals surface area contributed by atoms with Gasteiger partial charge in [-0.25, -0.2) is 4.79 Å². The third-order valence-electron chi connectivity index (χ3n) is 2.84. The molecule has 1 fully saturated rings. The first-order chi connectivity index (χ1) is 9.24. The zero-order chi connectivity index (χ0) is 13.7. The molecule has 2 rings (SSSR count). The van der Waals surface area contributed by atoms with E-state index in [-0.39, 0.29) is 6.61 Å². The third kappa shape index (κ3) is 3.29. The molecule has 1 heterocycles. The average Bonchev–Trinajstić information content (AvgIpc) is 2.80. The van der Waals surface area contributed by atoms with Gasteiger partial charge in [-0.15, -0.1) is 0 Å². The van der Waals surface area contributed by atoms with Crippen LogP contribution in [-0.4, -0.2) is 55.6 Å². The number of carbonyl (C=O) groups excluding carboxylic acids is 1. The fourth-order valence-electron chi connectivity index (χ4n) is 1.86. The maximum absolute atomic E-state index is 11.4. The van der Waals surface area contributed by atoms with Crippen LogP contribution in [0, 0.1) is 0 Å². The van der Waals surface area contributed by atoms with Crippen LogP contribution in [0.1, 0.15) is 0 Å². The Morgan fingerprint density at radius 2 is 2.16 bits per heavy atom. The molecule has 1 amide bonds. The van der Waals surface area contributed by atoms with Gasteiger partial charge in [0.15, 0.2) is 11.5 Å². The van der Waals surface area contributed by atoms with E-state index in [1.54, 1.807) is 19.2 Å². The summed E-state index contributed by atoms with van der Waals surface area (Å²) in [6.07, 6.45) is -0.846. The summed E-state index contributed by atoms with van der Waals surface area (Å²) in [6, 6.07) is 7.32. The second-order valence-corrected chi connectivity index (χ2v) is 4.13. The maximum atomic E-state index is 11.4. The summed E-state index contributed by atoms with van der Waals surface area (Å²) in [5, 5.41) is 8.92. The van der Waals surface area contributed by atoms with E-state index in [0.717, 1.165) is 0 Å². The minimum Gasteiger partial charge on any atom is -0.493 e. The number of nitrogens with zero attached hydrogens (tertiary/aromatic N) is 1. The Labute approximate surface area is 111 Å². The van der Waals surface area contributed by atoms with Gasteiger partial charge in [-0.3, -0.25) is 0 Å². The van der Waals surface area contributed by atoms with Crippen LogP contribution in [-0.2, 0) is 4.74 Å². The van der Waals surface area contributed by atoms with Crippen LogP contribution < -0.4 is 9.47 Å². The van der Waals surface area contributed by atoms with Gasteiger partial charge in [0.2, 0.25) is 0 Å². The summed E-state index contributed by atoms with van der Waals surface area (Å²) >= 11 is 0. The van der Waals surface area contributed by atoms with Crippen LogP contribution in [0.25, 0.3) is 0 Å². The van der Waals surface area contributed by atoms with Crippen LogP contribution in [0.5, 0.6) is 11.5 Å². The molecule has 1 aliphatic heterocycles. The Morgan fingerprint density at radius 3 is 2.79 bits per heavy atom. The molecular weight excluding hydrogens is 250 g/mol. The van der Waals surface area contributed by atoms with E-state index < -0.39 is 12.2 Å². The lowest BCUT2D eigenvalue weighted by Gasteiger charge is -2.14. The molecule has 1 atom stereocenters. The smallest absolute Gasteiger partial charge is 0.410 e. The van der Waals surface area contributed by atoms with E-state index >= 15 is 0 Å². The fraction of sp³-hybridized carbons (Fsp3) is 0.462. The van der Waals surface area contributed by atoms with Crippen LogP contribution in [0.4, 0.5) is 4.79 Å². The first kappa shape index (κ1) is 13.5. The topological polar surface area (TPSA) is 68.2 Å². The molecule has 0 bridgehead atoms. The largest absolute Gasteiger partial charge is 0.493 e. The average molecular weight is 267 g/mol. The highest BCUT2D eigenvalue weighted by molar-refractivity contribution is 5.69. The van der Waals surface area contributed by atoms with Crippen molar-refractivity contribution in [3.63, 3.8) is 0 Å². The summed E-state index contributed by atoms with van der Waals surface area (Å²) in [4.78, 5) is 12.9. The predicted octanol–water partition coefficient (Wildman–Crippen LogP) is 0.887. The lowest BCUT2D eigenvalue weighted by Crippen LogP contribution is -2.30. The number of hydrogen-bond donors (Lipinski definition) is 1. The molecule has 0 aliphatic carbocycles. The summed E-state index contributed by atoms with van der Waals surface area (Å²) in [5.74, 6) is 1.29. The molecule has 0 aromatic heterocycles. The molecular formula is C13H17NO5. The SMILES string of the molecule is COc1ccccc1OCCN1CC(CO)OC1=O. The summed E-state index contributed by atoms with van der Waals surface area (Å²) in [6.45, 7) is 0.987. The van der Waals surface area contributed by atoms with Gasteiger partial charge in [0.1, 0.15) is 12.7 Å². The Bertz CT molecular complexity index is 437. The van der Waals surface area contributed by atoms with Gasteiger partial charge in [0, 0.05) is 0 Å². The zero-order valence-electron chi connectivity index (χ0n) is 10.7. The van der Waals surface area contributed by atoms with Crippen molar-refractivity contribution in [1.82, 2.24) is 4.90 Å². The number of aliphatic hydroxyl groups excluding tert-OH is 1. The van der Waals surface area contributed by atoms with Crippen molar-refractivity contribution in [3.8, 4) is 11.5 Å². The normalized spacial score (nSPS) is 18.3. The van der Waals surface area contributed by atoms with E-state index in [1.165, 1.54) is 4.90 Å². The first-order valence-electron chi connectivity index (χ1n) is 6.07. The van der Waals surface area contributed by atoms with E-state index in [4.69, 9.17) is 19.3 Å². The summed E-state index contributed by atoms with van der Waals surface area (Å²) in [5.41, 5.74) is 0. The van der Waals surface area contributed by atoms with Crippen LogP contribution in [0.3, 0.4) is 0 Å². The van der Waals surface area contributed by atoms with Crippen LogP contribution >= 0.6 is 0 Å².